The van der Waals surface area contributed by atoms with Crippen LogP contribution in [0.25, 0.3) is 0 Å². The molecular weight excluding hydrogens is 499 g/mol. The van der Waals surface area contributed by atoms with Gasteiger partial charge in [0.05, 0.1) is 28.7 Å². The summed E-state index contributed by atoms with van der Waals surface area (Å²) in [5.41, 5.74) is 0. The van der Waals surface area contributed by atoms with E-state index in [1.165, 1.54) is 0 Å². The van der Waals surface area contributed by atoms with Gasteiger partial charge in [0, 0.05) is 12.4 Å². The minimum absolute atomic E-state index is 0.0162. The van der Waals surface area contributed by atoms with E-state index in [0.29, 0.717) is 12.5 Å². The number of aromatic nitrogens is 2. The summed E-state index contributed by atoms with van der Waals surface area (Å²) in [6, 6.07) is 0. The summed E-state index contributed by atoms with van der Waals surface area (Å²) in [5.74, 6) is 0. The lowest BCUT2D eigenvalue weighted by molar-refractivity contribution is -0.123. The average molecular weight is 517 g/mol. The van der Waals surface area contributed by atoms with Crippen molar-refractivity contribution in [2.75, 3.05) is 19.6 Å². The van der Waals surface area contributed by atoms with E-state index >= 15 is 0 Å². The minimum atomic E-state index is -6.52. The third kappa shape index (κ3) is 8.36. The Hall–Kier alpha value is -1.16. The lowest BCUT2D eigenvalue weighted by Crippen LogP contribution is -2.49. The molecule has 1 aromatic heterocycles. The second-order valence-electron chi connectivity index (χ2n) is 5.75. The van der Waals surface area contributed by atoms with Crippen molar-refractivity contribution in [2.24, 2.45) is 0 Å². The lowest BCUT2D eigenvalue weighted by Gasteiger charge is -2.39. The van der Waals surface area contributed by atoms with Gasteiger partial charge >= 0.3 is 26.0 Å². The first-order chi connectivity index (χ1) is 14.5. The van der Waals surface area contributed by atoms with Crippen LogP contribution < -0.4 is 15.3 Å². The Balaban J connectivity index is 3.78. The van der Waals surface area contributed by atoms with Crippen molar-refractivity contribution in [3.8, 4) is 0 Å². The third-order valence-electron chi connectivity index (χ3n) is 3.14. The van der Waals surface area contributed by atoms with Crippen molar-refractivity contribution in [3.05, 3.63) is 18.7 Å². The maximum Gasteiger partial charge on any atom is 0.401 e. The second-order valence-corrected chi connectivity index (χ2v) is 10.7. The molecule has 0 saturated carbocycles. The lowest BCUT2D eigenvalue weighted by atomic mass is 10.6. The van der Waals surface area contributed by atoms with Gasteiger partial charge in [0.15, 0.2) is 0 Å². The Morgan fingerprint density at radius 3 is 1.68 bits per heavy atom. The summed E-state index contributed by atoms with van der Waals surface area (Å²) >= 11 is 0. The van der Waals surface area contributed by atoms with Crippen molar-refractivity contribution in [1.82, 2.24) is 24.8 Å². The molecule has 0 radical (unpaired) electrons. The highest BCUT2D eigenvalue weighted by Gasteiger charge is 2.62. The molecular formula is C11H16F9N5O4P2. The summed E-state index contributed by atoms with van der Waals surface area (Å²) in [7, 11) is -12.9. The molecule has 31 heavy (non-hydrogen) atoms. The molecule has 1 rings (SSSR count). The monoisotopic (exact) mass is 517 g/mol. The van der Waals surface area contributed by atoms with Gasteiger partial charge in [-0.25, -0.2) is 20.2 Å². The zero-order valence-electron chi connectivity index (χ0n) is 16.8. The molecule has 182 valence electrons. The maximum absolute atomic E-state index is 13.2. The molecule has 5 N–H and O–H groups in total. The SMILES string of the molecule is [2H]C([2H])(n1ccnc1)C(O)(P(=O)(O)NCC(F)(F)F)P(=O)(NCC(F)(F)F)NCC(F)(F)F. The Bertz CT molecular complexity index is 874. The highest BCUT2D eigenvalue weighted by atomic mass is 31.2. The number of nitrogens with one attached hydrogen (secondary N) is 3. The van der Waals surface area contributed by atoms with E-state index in [0.717, 1.165) is 21.5 Å². The Kier molecular flexibility index (Phi) is 7.40. The van der Waals surface area contributed by atoms with Crippen LogP contribution in [0.3, 0.4) is 0 Å². The molecule has 2 atom stereocenters. The number of alkyl halides is 9. The minimum Gasteiger partial charge on any atom is -0.369 e. The first-order valence-electron chi connectivity index (χ1n) is 8.57. The fourth-order valence-corrected chi connectivity index (χ4v) is 6.45. The Morgan fingerprint density at radius 1 is 0.903 bits per heavy atom. The van der Waals surface area contributed by atoms with E-state index in [2.05, 4.69) is 4.98 Å². The number of halogens is 9. The van der Waals surface area contributed by atoms with Crippen LogP contribution in [0.5, 0.6) is 0 Å². The van der Waals surface area contributed by atoms with Crippen molar-refractivity contribution in [1.29, 1.82) is 0 Å². The molecule has 0 spiro atoms. The Labute approximate surface area is 170 Å². The first kappa shape index (κ1) is 24.5. The summed E-state index contributed by atoms with van der Waals surface area (Å²) < 4.78 is 156. The molecule has 0 aliphatic rings. The van der Waals surface area contributed by atoms with E-state index in [1.54, 1.807) is 0 Å². The zero-order chi connectivity index (χ0) is 26.1. The first-order valence-corrected chi connectivity index (χ1v) is 10.9. The predicted molar refractivity (Wildman–Crippen MR) is 86.8 cm³/mol. The van der Waals surface area contributed by atoms with Crippen molar-refractivity contribution < 1.29 is 61.4 Å². The third-order valence-corrected chi connectivity index (χ3v) is 8.52. The summed E-state index contributed by atoms with van der Waals surface area (Å²) in [5, 5.41) is 8.56. The van der Waals surface area contributed by atoms with E-state index < -0.39 is 64.7 Å². The molecule has 0 aliphatic heterocycles. The number of nitrogens with zero attached hydrogens (tertiary/aromatic N) is 2. The molecule has 2 unspecified atom stereocenters. The number of imidazole rings is 1. The van der Waals surface area contributed by atoms with Crippen LogP contribution >= 0.6 is 15.0 Å². The molecule has 0 saturated heterocycles. The van der Waals surface area contributed by atoms with Crippen LogP contribution in [-0.4, -0.2) is 62.8 Å². The van der Waals surface area contributed by atoms with Gasteiger partial charge in [-0.1, -0.05) is 0 Å². The standard InChI is InChI=1S/C11H16F9N5O4P2/c12-8(13,14)3-22-30(27,23-4-9(15,16)17)11(26,6-25-2-1-21-7-25)31(28,29)24-5-10(18,19)20/h1-2,7,26H,3-6H2,(H2,22,23,27)(H2,24,28,29)/i6D2. The van der Waals surface area contributed by atoms with Crippen LogP contribution in [-0.2, 0) is 15.6 Å². The molecule has 20 heteroatoms. The molecule has 0 amide bonds. The number of aliphatic hydroxyl groups is 1. The fraction of sp³-hybridized carbons (Fsp3) is 0.727. The number of hydrogen-bond donors (Lipinski definition) is 5. The van der Waals surface area contributed by atoms with Crippen LogP contribution in [0, 0.1) is 0 Å². The van der Waals surface area contributed by atoms with Crippen molar-refractivity contribution in [3.63, 3.8) is 0 Å². The second kappa shape index (κ2) is 9.37. The fourth-order valence-electron chi connectivity index (χ4n) is 1.81. The molecule has 1 heterocycles. The number of hydrogen-bond acceptors (Lipinski definition) is 4. The quantitative estimate of drug-likeness (QED) is 0.237. The van der Waals surface area contributed by atoms with Gasteiger partial charge in [-0.15, -0.1) is 0 Å². The smallest absolute Gasteiger partial charge is 0.369 e. The molecule has 0 aromatic carbocycles. The van der Waals surface area contributed by atoms with Gasteiger partial charge in [0.25, 0.3) is 12.5 Å². The predicted octanol–water partition coefficient (Wildman–Crippen LogP) is 2.36. The molecule has 0 bridgehead atoms. The largest absolute Gasteiger partial charge is 0.401 e. The molecule has 9 nitrogen and oxygen atoms in total. The van der Waals surface area contributed by atoms with Crippen LogP contribution in [0.2, 0.25) is 0 Å². The van der Waals surface area contributed by atoms with Crippen molar-refractivity contribution >= 4 is 15.0 Å². The highest BCUT2D eigenvalue weighted by molar-refractivity contribution is 7.77. The Morgan fingerprint density at radius 2 is 1.32 bits per heavy atom. The van der Waals surface area contributed by atoms with Gasteiger partial charge in [-0.05, 0) is 0 Å². The van der Waals surface area contributed by atoms with Gasteiger partial charge in [-0.3, -0.25) is 9.13 Å². The molecule has 0 aliphatic carbocycles. The zero-order valence-corrected chi connectivity index (χ0v) is 16.5. The van der Waals surface area contributed by atoms with E-state index in [4.69, 9.17) is 2.74 Å². The molecule has 0 fully saturated rings. The normalized spacial score (nSPS) is 19.3. The topological polar surface area (TPSA) is 129 Å². The van der Waals surface area contributed by atoms with Gasteiger partial charge in [0.2, 0.25) is 0 Å². The van der Waals surface area contributed by atoms with Crippen LogP contribution in [0.15, 0.2) is 18.7 Å². The van der Waals surface area contributed by atoms with Crippen LogP contribution in [0.4, 0.5) is 39.5 Å². The average Bonchev–Trinajstić information content (AvgIpc) is 3.16. The summed E-state index contributed by atoms with van der Waals surface area (Å²) in [6.45, 7) is -11.6. The van der Waals surface area contributed by atoms with Gasteiger partial charge < -0.3 is 14.6 Å². The van der Waals surface area contributed by atoms with Gasteiger partial charge in [0.1, 0.15) is 6.54 Å². The summed E-state index contributed by atoms with van der Waals surface area (Å²) in [4.78, 5) is 13.4. The van der Waals surface area contributed by atoms with Crippen molar-refractivity contribution in [2.45, 2.75) is 30.1 Å². The summed E-state index contributed by atoms with van der Waals surface area (Å²) in [6.07, 6.45) is -14.4. The highest BCUT2D eigenvalue weighted by Crippen LogP contribution is 2.68. The number of rotatable bonds is 10. The maximum atomic E-state index is 13.2. The van der Waals surface area contributed by atoms with Crippen LogP contribution in [0.1, 0.15) is 2.74 Å². The molecule has 1 aromatic rings. The van der Waals surface area contributed by atoms with Gasteiger partial charge in [-0.2, -0.15) is 39.5 Å². The van der Waals surface area contributed by atoms with E-state index in [-0.39, 0.29) is 4.57 Å². The van der Waals surface area contributed by atoms with E-state index in [9.17, 15) is 58.6 Å². The van der Waals surface area contributed by atoms with E-state index in [1.807, 2.05) is 0 Å².